The van der Waals surface area contributed by atoms with Crippen molar-refractivity contribution in [3.05, 3.63) is 36.0 Å². The minimum absolute atomic E-state index is 0.104. The summed E-state index contributed by atoms with van der Waals surface area (Å²) in [4.78, 5) is 31.1. The molecule has 1 aromatic carbocycles. The lowest BCUT2D eigenvalue weighted by Crippen LogP contribution is -2.49. The number of likely N-dealkylation sites (N-methyl/N-ethyl adjacent to an activating group) is 1. The second-order valence-electron chi connectivity index (χ2n) is 6.66. The van der Waals surface area contributed by atoms with Crippen molar-refractivity contribution in [2.24, 2.45) is 0 Å². The molecule has 128 valence electrons. The van der Waals surface area contributed by atoms with Crippen LogP contribution in [0, 0.1) is 0 Å². The summed E-state index contributed by atoms with van der Waals surface area (Å²) in [7, 11) is 3.38. The van der Waals surface area contributed by atoms with Crippen LogP contribution in [0.25, 0.3) is 10.9 Å². The molecule has 1 atom stereocenters. The number of fused-ring (bicyclic) bond motifs is 1. The molecular formula is C18H24N4O2. The Bertz CT molecular complexity index is 748. The molecule has 1 saturated carbocycles. The van der Waals surface area contributed by atoms with Gasteiger partial charge in [-0.25, -0.2) is 4.79 Å². The van der Waals surface area contributed by atoms with Crippen LogP contribution < -0.4 is 5.32 Å². The fourth-order valence-electron chi connectivity index (χ4n) is 2.87. The van der Waals surface area contributed by atoms with Crippen LogP contribution in [0.4, 0.5) is 4.79 Å². The Morgan fingerprint density at radius 1 is 1.29 bits per heavy atom. The van der Waals surface area contributed by atoms with Crippen LogP contribution >= 0.6 is 0 Å². The summed E-state index contributed by atoms with van der Waals surface area (Å²) in [6.07, 6.45) is 3.96. The van der Waals surface area contributed by atoms with Gasteiger partial charge >= 0.3 is 6.03 Å². The van der Waals surface area contributed by atoms with Crippen molar-refractivity contribution in [3.63, 3.8) is 0 Å². The van der Waals surface area contributed by atoms with Crippen molar-refractivity contribution in [1.82, 2.24) is 20.1 Å². The molecular weight excluding hydrogens is 304 g/mol. The van der Waals surface area contributed by atoms with E-state index in [2.05, 4.69) is 16.4 Å². The van der Waals surface area contributed by atoms with Gasteiger partial charge in [0.15, 0.2) is 0 Å². The summed E-state index contributed by atoms with van der Waals surface area (Å²) in [5.41, 5.74) is 2.18. The molecule has 6 nitrogen and oxygen atoms in total. The second-order valence-corrected chi connectivity index (χ2v) is 6.66. The Labute approximate surface area is 141 Å². The molecule has 0 spiro atoms. The van der Waals surface area contributed by atoms with E-state index in [0.29, 0.717) is 6.54 Å². The van der Waals surface area contributed by atoms with Gasteiger partial charge in [0.05, 0.1) is 0 Å². The van der Waals surface area contributed by atoms with E-state index in [1.807, 2.05) is 29.3 Å². The highest BCUT2D eigenvalue weighted by Crippen LogP contribution is 2.29. The maximum absolute atomic E-state index is 12.6. The van der Waals surface area contributed by atoms with Crippen LogP contribution in [0.5, 0.6) is 0 Å². The lowest BCUT2D eigenvalue weighted by atomic mass is 10.1. The molecule has 2 aromatic rings. The molecule has 1 aromatic heterocycles. The topological polar surface area (TPSA) is 68.4 Å². The maximum atomic E-state index is 12.6. The highest BCUT2D eigenvalue weighted by Gasteiger charge is 2.33. The lowest BCUT2D eigenvalue weighted by molar-refractivity contribution is -0.130. The highest BCUT2D eigenvalue weighted by molar-refractivity contribution is 5.86. The first-order valence-electron chi connectivity index (χ1n) is 8.30. The SMILES string of the molecule is C[C@@H](NC(=O)N(Cc1ccc2[nH]ccc2c1)C1CC1)C(=O)N(C)C. The molecule has 3 rings (SSSR count). The van der Waals surface area contributed by atoms with Crippen molar-refractivity contribution < 1.29 is 9.59 Å². The van der Waals surface area contributed by atoms with Crippen molar-refractivity contribution in [2.45, 2.75) is 38.4 Å². The van der Waals surface area contributed by atoms with Crippen molar-refractivity contribution in [1.29, 1.82) is 0 Å². The Kier molecular flexibility index (Phi) is 4.46. The van der Waals surface area contributed by atoms with Gasteiger partial charge < -0.3 is 20.1 Å². The zero-order chi connectivity index (χ0) is 17.3. The van der Waals surface area contributed by atoms with Gasteiger partial charge in [-0.2, -0.15) is 0 Å². The molecule has 0 bridgehead atoms. The highest BCUT2D eigenvalue weighted by atomic mass is 16.2. The van der Waals surface area contributed by atoms with Crippen LogP contribution in [0.3, 0.4) is 0 Å². The Balaban J connectivity index is 1.70. The third-order valence-corrected chi connectivity index (χ3v) is 4.37. The number of nitrogens with one attached hydrogen (secondary N) is 2. The van der Waals surface area contributed by atoms with E-state index in [4.69, 9.17) is 0 Å². The first-order chi connectivity index (χ1) is 11.5. The summed E-state index contributed by atoms with van der Waals surface area (Å²) in [5.74, 6) is -0.104. The summed E-state index contributed by atoms with van der Waals surface area (Å²) in [5, 5.41) is 3.96. The molecule has 1 aliphatic rings. The Morgan fingerprint density at radius 2 is 2.04 bits per heavy atom. The number of hydrogen-bond acceptors (Lipinski definition) is 2. The summed E-state index contributed by atoms with van der Waals surface area (Å²) < 4.78 is 0. The second kappa shape index (κ2) is 6.55. The zero-order valence-electron chi connectivity index (χ0n) is 14.4. The summed E-state index contributed by atoms with van der Waals surface area (Å²) in [6, 6.07) is 7.77. The van der Waals surface area contributed by atoms with Crippen LogP contribution in [0.15, 0.2) is 30.5 Å². The summed E-state index contributed by atoms with van der Waals surface area (Å²) in [6.45, 7) is 2.28. The number of amides is 3. The van der Waals surface area contributed by atoms with Crippen molar-refractivity contribution >= 4 is 22.8 Å². The van der Waals surface area contributed by atoms with Crippen molar-refractivity contribution in [3.8, 4) is 0 Å². The van der Waals surface area contributed by atoms with Gasteiger partial charge in [0.1, 0.15) is 6.04 Å². The fourth-order valence-corrected chi connectivity index (χ4v) is 2.87. The van der Waals surface area contributed by atoms with Gasteiger partial charge in [0.2, 0.25) is 5.91 Å². The third-order valence-electron chi connectivity index (χ3n) is 4.37. The normalized spacial score (nSPS) is 15.1. The molecule has 1 fully saturated rings. The minimum atomic E-state index is -0.527. The zero-order valence-corrected chi connectivity index (χ0v) is 14.4. The standard InChI is InChI=1S/C18H24N4O2/c1-12(17(23)21(2)3)20-18(24)22(15-5-6-15)11-13-4-7-16-14(10-13)8-9-19-16/h4,7-10,12,15,19H,5-6,11H2,1-3H3,(H,20,24)/t12-/m1/s1. The average molecular weight is 328 g/mol. The van der Waals surface area contributed by atoms with Gasteiger partial charge in [-0.15, -0.1) is 0 Å². The molecule has 0 unspecified atom stereocenters. The molecule has 2 N–H and O–H groups in total. The predicted octanol–water partition coefficient (Wildman–Crippen LogP) is 2.32. The molecule has 0 aliphatic heterocycles. The number of carbonyl (C=O) groups excluding carboxylic acids is 2. The van der Waals surface area contributed by atoms with Gasteiger partial charge in [-0.1, -0.05) is 6.07 Å². The van der Waals surface area contributed by atoms with Gasteiger partial charge in [0.25, 0.3) is 0 Å². The number of rotatable bonds is 5. The smallest absolute Gasteiger partial charge is 0.318 e. The Hall–Kier alpha value is -2.50. The number of nitrogens with zero attached hydrogens (tertiary/aromatic N) is 2. The first kappa shape index (κ1) is 16.4. The lowest BCUT2D eigenvalue weighted by Gasteiger charge is -2.26. The summed E-state index contributed by atoms with van der Waals surface area (Å²) >= 11 is 0. The monoisotopic (exact) mass is 328 g/mol. The van der Waals surface area contributed by atoms with Gasteiger partial charge in [0, 0.05) is 38.4 Å². The van der Waals surface area contributed by atoms with Crippen LogP contribution in [0.1, 0.15) is 25.3 Å². The largest absolute Gasteiger partial charge is 0.361 e. The van der Waals surface area contributed by atoms with Crippen LogP contribution in [0.2, 0.25) is 0 Å². The van der Waals surface area contributed by atoms with Crippen molar-refractivity contribution in [2.75, 3.05) is 14.1 Å². The van der Waals surface area contributed by atoms with E-state index in [0.717, 1.165) is 29.3 Å². The molecule has 0 saturated heterocycles. The number of H-pyrrole nitrogens is 1. The fraction of sp³-hybridized carbons (Fsp3) is 0.444. The van der Waals surface area contributed by atoms with E-state index in [-0.39, 0.29) is 18.0 Å². The van der Waals surface area contributed by atoms with Crippen LogP contribution in [-0.4, -0.2) is 52.9 Å². The molecule has 24 heavy (non-hydrogen) atoms. The van der Waals surface area contributed by atoms with E-state index < -0.39 is 6.04 Å². The minimum Gasteiger partial charge on any atom is -0.361 e. The Morgan fingerprint density at radius 3 is 2.71 bits per heavy atom. The number of urea groups is 1. The van der Waals surface area contributed by atoms with Gasteiger partial charge in [-0.3, -0.25) is 4.79 Å². The quantitative estimate of drug-likeness (QED) is 0.884. The molecule has 1 aliphatic carbocycles. The number of aromatic amines is 1. The number of aromatic nitrogens is 1. The number of carbonyl (C=O) groups is 2. The predicted molar refractivity (Wildman–Crippen MR) is 93.6 cm³/mol. The van der Waals surface area contributed by atoms with E-state index in [1.165, 1.54) is 4.90 Å². The first-order valence-corrected chi connectivity index (χ1v) is 8.30. The number of hydrogen-bond donors (Lipinski definition) is 2. The maximum Gasteiger partial charge on any atom is 0.318 e. The van der Waals surface area contributed by atoms with E-state index >= 15 is 0 Å². The van der Waals surface area contributed by atoms with Gasteiger partial charge in [-0.05, 0) is 48.9 Å². The molecule has 0 radical (unpaired) electrons. The average Bonchev–Trinajstić information content (AvgIpc) is 3.28. The molecule has 1 heterocycles. The van der Waals surface area contributed by atoms with Crippen LogP contribution in [-0.2, 0) is 11.3 Å². The third kappa shape index (κ3) is 3.53. The molecule has 6 heteroatoms. The molecule has 3 amide bonds. The number of benzene rings is 1. The van der Waals surface area contributed by atoms with E-state index in [1.54, 1.807) is 21.0 Å². The van der Waals surface area contributed by atoms with E-state index in [9.17, 15) is 9.59 Å².